The Kier molecular flexibility index (Phi) is 6.78. The SMILES string of the molecule is NC(=O)CCCCNC(=O)C(O)c1cc(Cl)cc(Cl)c1. The Morgan fingerprint density at radius 1 is 1.20 bits per heavy atom. The number of aliphatic hydroxyl groups is 1. The Bertz CT molecular complexity index is 474. The van der Waals surface area contributed by atoms with E-state index >= 15 is 0 Å². The molecule has 0 bridgehead atoms. The lowest BCUT2D eigenvalue weighted by Crippen LogP contribution is -2.30. The molecule has 1 aromatic rings. The first-order valence-electron chi connectivity index (χ1n) is 6.10. The Morgan fingerprint density at radius 3 is 2.35 bits per heavy atom. The van der Waals surface area contributed by atoms with Crippen molar-refractivity contribution in [2.45, 2.75) is 25.4 Å². The number of rotatable bonds is 7. The van der Waals surface area contributed by atoms with E-state index in [1.54, 1.807) is 0 Å². The van der Waals surface area contributed by atoms with Crippen molar-refractivity contribution >= 4 is 35.0 Å². The van der Waals surface area contributed by atoms with Crippen LogP contribution in [0.4, 0.5) is 0 Å². The summed E-state index contributed by atoms with van der Waals surface area (Å²) in [4.78, 5) is 22.2. The first kappa shape index (κ1) is 16.8. The number of hydrogen-bond acceptors (Lipinski definition) is 3. The van der Waals surface area contributed by atoms with Crippen LogP contribution in [0, 0.1) is 0 Å². The predicted molar refractivity (Wildman–Crippen MR) is 77.5 cm³/mol. The van der Waals surface area contributed by atoms with E-state index in [1.807, 2.05) is 0 Å². The molecule has 20 heavy (non-hydrogen) atoms. The molecular formula is C13H16Cl2N2O3. The van der Waals surface area contributed by atoms with Crippen molar-refractivity contribution in [3.8, 4) is 0 Å². The van der Waals surface area contributed by atoms with E-state index in [9.17, 15) is 14.7 Å². The first-order valence-corrected chi connectivity index (χ1v) is 6.86. The zero-order valence-electron chi connectivity index (χ0n) is 10.7. The summed E-state index contributed by atoms with van der Waals surface area (Å²) in [7, 11) is 0. The number of carbonyl (C=O) groups is 2. The number of benzene rings is 1. The van der Waals surface area contributed by atoms with Gasteiger partial charge in [0.05, 0.1) is 0 Å². The quantitative estimate of drug-likeness (QED) is 0.669. The van der Waals surface area contributed by atoms with Crippen LogP contribution in [0.5, 0.6) is 0 Å². The van der Waals surface area contributed by atoms with Gasteiger partial charge in [0.1, 0.15) is 0 Å². The van der Waals surface area contributed by atoms with Crippen molar-refractivity contribution in [3.05, 3.63) is 33.8 Å². The molecule has 1 aromatic carbocycles. The number of amides is 2. The van der Waals surface area contributed by atoms with Crippen molar-refractivity contribution in [1.29, 1.82) is 0 Å². The van der Waals surface area contributed by atoms with Gasteiger partial charge in [0.15, 0.2) is 6.10 Å². The van der Waals surface area contributed by atoms with Gasteiger partial charge in [-0.25, -0.2) is 0 Å². The van der Waals surface area contributed by atoms with Crippen LogP contribution in [-0.2, 0) is 9.59 Å². The van der Waals surface area contributed by atoms with Gasteiger partial charge < -0.3 is 16.2 Å². The normalized spacial score (nSPS) is 11.9. The topological polar surface area (TPSA) is 92.4 Å². The summed E-state index contributed by atoms with van der Waals surface area (Å²) in [5, 5.41) is 13.1. The van der Waals surface area contributed by atoms with Crippen LogP contribution >= 0.6 is 23.2 Å². The lowest BCUT2D eigenvalue weighted by molar-refractivity contribution is -0.129. The predicted octanol–water partition coefficient (Wildman–Crippen LogP) is 1.80. The largest absolute Gasteiger partial charge is 0.378 e. The zero-order valence-corrected chi connectivity index (χ0v) is 12.2. The van der Waals surface area contributed by atoms with E-state index in [1.165, 1.54) is 18.2 Å². The molecule has 0 radical (unpaired) electrons. The highest BCUT2D eigenvalue weighted by Crippen LogP contribution is 2.23. The highest BCUT2D eigenvalue weighted by atomic mass is 35.5. The number of aliphatic hydroxyl groups excluding tert-OH is 1. The molecule has 2 amide bonds. The molecule has 0 aliphatic rings. The molecule has 0 fully saturated rings. The maximum atomic E-state index is 11.7. The summed E-state index contributed by atoms with van der Waals surface area (Å²) >= 11 is 11.6. The molecule has 0 saturated carbocycles. The monoisotopic (exact) mass is 318 g/mol. The van der Waals surface area contributed by atoms with Crippen LogP contribution in [0.15, 0.2) is 18.2 Å². The van der Waals surface area contributed by atoms with Crippen LogP contribution in [0.1, 0.15) is 30.9 Å². The molecule has 0 aliphatic carbocycles. The van der Waals surface area contributed by atoms with E-state index in [-0.39, 0.29) is 12.3 Å². The van der Waals surface area contributed by atoms with Crippen molar-refractivity contribution in [2.24, 2.45) is 5.73 Å². The molecule has 0 aromatic heterocycles. The van der Waals surface area contributed by atoms with Crippen LogP contribution in [-0.4, -0.2) is 23.5 Å². The standard InChI is InChI=1S/C13H16Cl2N2O3/c14-9-5-8(6-10(15)7-9)12(19)13(20)17-4-2-1-3-11(16)18/h5-7,12,19H,1-4H2,(H2,16,18)(H,17,20). The average molecular weight is 319 g/mol. The van der Waals surface area contributed by atoms with E-state index in [0.29, 0.717) is 35.0 Å². The zero-order chi connectivity index (χ0) is 15.1. The number of nitrogens with two attached hydrogens (primary N) is 1. The third-order valence-corrected chi connectivity index (χ3v) is 3.03. The minimum absolute atomic E-state index is 0.280. The lowest BCUT2D eigenvalue weighted by atomic mass is 10.1. The van der Waals surface area contributed by atoms with Gasteiger partial charge in [-0.1, -0.05) is 23.2 Å². The van der Waals surface area contributed by atoms with Crippen molar-refractivity contribution < 1.29 is 14.7 Å². The minimum Gasteiger partial charge on any atom is -0.378 e. The number of unbranched alkanes of at least 4 members (excludes halogenated alkanes) is 1. The number of primary amides is 1. The van der Waals surface area contributed by atoms with Gasteiger partial charge in [0, 0.05) is 23.0 Å². The number of carbonyl (C=O) groups excluding carboxylic acids is 2. The van der Waals surface area contributed by atoms with Gasteiger partial charge in [0.2, 0.25) is 5.91 Å². The summed E-state index contributed by atoms with van der Waals surface area (Å²) in [6, 6.07) is 4.47. The minimum atomic E-state index is -1.33. The maximum Gasteiger partial charge on any atom is 0.253 e. The van der Waals surface area contributed by atoms with Crippen LogP contribution in [0.25, 0.3) is 0 Å². The van der Waals surface area contributed by atoms with Gasteiger partial charge in [-0.15, -0.1) is 0 Å². The van der Waals surface area contributed by atoms with Crippen LogP contribution in [0.2, 0.25) is 10.0 Å². The summed E-state index contributed by atoms with van der Waals surface area (Å²) in [6.45, 7) is 0.359. The Balaban J connectivity index is 2.44. The molecule has 0 saturated heterocycles. The van der Waals surface area contributed by atoms with E-state index in [4.69, 9.17) is 28.9 Å². The fourth-order valence-electron chi connectivity index (χ4n) is 1.62. The molecule has 7 heteroatoms. The average Bonchev–Trinajstić information content (AvgIpc) is 2.35. The van der Waals surface area contributed by atoms with Gasteiger partial charge in [-0.3, -0.25) is 9.59 Å². The second-order valence-electron chi connectivity index (χ2n) is 4.32. The van der Waals surface area contributed by atoms with Gasteiger partial charge in [-0.2, -0.15) is 0 Å². The summed E-state index contributed by atoms with van der Waals surface area (Å²) < 4.78 is 0. The highest BCUT2D eigenvalue weighted by Gasteiger charge is 2.17. The van der Waals surface area contributed by atoms with E-state index in [0.717, 1.165) is 0 Å². The molecule has 0 spiro atoms. The summed E-state index contributed by atoms with van der Waals surface area (Å²) in [5.41, 5.74) is 5.33. The van der Waals surface area contributed by atoms with Crippen molar-refractivity contribution in [3.63, 3.8) is 0 Å². The maximum absolute atomic E-state index is 11.7. The van der Waals surface area contributed by atoms with E-state index < -0.39 is 12.0 Å². The van der Waals surface area contributed by atoms with Crippen molar-refractivity contribution in [2.75, 3.05) is 6.54 Å². The second-order valence-corrected chi connectivity index (χ2v) is 5.19. The number of halogens is 2. The molecule has 1 rings (SSSR count). The Labute approximate surface area is 127 Å². The highest BCUT2D eigenvalue weighted by molar-refractivity contribution is 6.34. The van der Waals surface area contributed by atoms with Gasteiger partial charge >= 0.3 is 0 Å². The number of hydrogen-bond donors (Lipinski definition) is 3. The first-order chi connectivity index (χ1) is 9.40. The molecule has 0 heterocycles. The molecule has 4 N–H and O–H groups in total. The fraction of sp³-hybridized carbons (Fsp3) is 0.385. The lowest BCUT2D eigenvalue weighted by Gasteiger charge is -2.12. The van der Waals surface area contributed by atoms with E-state index in [2.05, 4.69) is 5.32 Å². The number of nitrogens with one attached hydrogen (secondary N) is 1. The molecular weight excluding hydrogens is 303 g/mol. The Hall–Kier alpha value is -1.30. The molecule has 110 valence electrons. The molecule has 0 aliphatic heterocycles. The molecule has 1 atom stereocenters. The molecule has 5 nitrogen and oxygen atoms in total. The fourth-order valence-corrected chi connectivity index (χ4v) is 2.16. The van der Waals surface area contributed by atoms with Crippen LogP contribution < -0.4 is 11.1 Å². The van der Waals surface area contributed by atoms with Crippen molar-refractivity contribution in [1.82, 2.24) is 5.32 Å². The Morgan fingerprint density at radius 2 is 1.80 bits per heavy atom. The molecule has 1 unspecified atom stereocenters. The smallest absolute Gasteiger partial charge is 0.253 e. The summed E-state index contributed by atoms with van der Waals surface area (Å²) in [5.74, 6) is -0.910. The third-order valence-electron chi connectivity index (χ3n) is 2.60. The van der Waals surface area contributed by atoms with Gasteiger partial charge in [-0.05, 0) is 36.6 Å². The summed E-state index contributed by atoms with van der Waals surface area (Å²) in [6.07, 6.45) is 0.150. The second kappa shape index (κ2) is 8.09. The van der Waals surface area contributed by atoms with Crippen LogP contribution in [0.3, 0.4) is 0 Å². The van der Waals surface area contributed by atoms with Gasteiger partial charge in [0.25, 0.3) is 5.91 Å². The third kappa shape index (κ3) is 5.77.